The predicted octanol–water partition coefficient (Wildman–Crippen LogP) is 0.205. The van der Waals surface area contributed by atoms with Gasteiger partial charge in [-0.1, -0.05) is 0 Å². The van der Waals surface area contributed by atoms with Gasteiger partial charge in [-0.05, 0) is 31.7 Å². The van der Waals surface area contributed by atoms with Crippen LogP contribution in [0.4, 0.5) is 0 Å². The van der Waals surface area contributed by atoms with Gasteiger partial charge in [-0.3, -0.25) is 14.5 Å². The van der Waals surface area contributed by atoms with E-state index in [0.29, 0.717) is 32.1 Å². The Morgan fingerprint density at radius 3 is 2.44 bits per heavy atom. The first-order chi connectivity index (χ1) is 13.0. The molecule has 0 radical (unpaired) electrons. The molecule has 4 rings (SSSR count). The third-order valence-corrected chi connectivity index (χ3v) is 6.47. The van der Waals surface area contributed by atoms with Crippen LogP contribution in [0.25, 0.3) is 0 Å². The van der Waals surface area contributed by atoms with E-state index in [4.69, 9.17) is 4.74 Å². The van der Waals surface area contributed by atoms with Crippen LogP contribution < -0.4 is 0 Å². The molecule has 1 spiro atoms. The molecule has 0 saturated carbocycles. The normalized spacial score (nSPS) is 25.9. The molecular formula is C19H29N5O3. The highest BCUT2D eigenvalue weighted by atomic mass is 16.5. The molecule has 0 bridgehead atoms. The number of aromatic nitrogens is 2. The van der Waals surface area contributed by atoms with Crippen molar-refractivity contribution < 1.29 is 14.3 Å². The highest BCUT2D eigenvalue weighted by molar-refractivity contribution is 5.90. The number of hydrogen-bond donors (Lipinski definition) is 0. The standard InChI is InChI=1S/C19H29N5O3/c1-21-8-5-20-16(21)18(26)23-6-3-19(4-7-23)13-15(22(2)14-19)17(25)24-9-11-27-12-10-24/h5,8,15H,3-4,6-7,9-14H2,1-2H3. The van der Waals surface area contributed by atoms with Gasteiger partial charge in [0.05, 0.1) is 19.3 Å². The molecular weight excluding hydrogens is 346 g/mol. The third kappa shape index (κ3) is 3.48. The fourth-order valence-corrected chi connectivity index (χ4v) is 4.80. The van der Waals surface area contributed by atoms with Gasteiger partial charge in [0.25, 0.3) is 5.91 Å². The van der Waals surface area contributed by atoms with E-state index < -0.39 is 0 Å². The number of likely N-dealkylation sites (N-methyl/N-ethyl adjacent to an activating group) is 1. The van der Waals surface area contributed by atoms with Crippen molar-refractivity contribution in [1.82, 2.24) is 24.3 Å². The van der Waals surface area contributed by atoms with Gasteiger partial charge in [0.2, 0.25) is 5.91 Å². The molecule has 3 saturated heterocycles. The van der Waals surface area contributed by atoms with Crippen LogP contribution in [0.15, 0.2) is 12.4 Å². The van der Waals surface area contributed by atoms with Crippen molar-refractivity contribution in [3.63, 3.8) is 0 Å². The fourth-order valence-electron chi connectivity index (χ4n) is 4.80. The molecule has 148 valence electrons. The SMILES string of the molecule is CN1CC2(CCN(C(=O)c3nccn3C)CC2)CC1C(=O)N1CCOCC1. The minimum Gasteiger partial charge on any atom is -0.378 e. The first kappa shape index (κ1) is 18.4. The Morgan fingerprint density at radius 2 is 1.81 bits per heavy atom. The first-order valence-electron chi connectivity index (χ1n) is 9.82. The smallest absolute Gasteiger partial charge is 0.289 e. The van der Waals surface area contributed by atoms with Gasteiger partial charge >= 0.3 is 0 Å². The molecule has 8 nitrogen and oxygen atoms in total. The number of hydrogen-bond acceptors (Lipinski definition) is 5. The van der Waals surface area contributed by atoms with Crippen molar-refractivity contribution in [2.75, 3.05) is 53.0 Å². The molecule has 3 fully saturated rings. The van der Waals surface area contributed by atoms with Crippen LogP contribution in [-0.4, -0.2) is 95.1 Å². The number of carbonyl (C=O) groups is 2. The summed E-state index contributed by atoms with van der Waals surface area (Å²) >= 11 is 0. The minimum absolute atomic E-state index is 0.00430. The van der Waals surface area contributed by atoms with E-state index in [0.717, 1.165) is 38.9 Å². The van der Waals surface area contributed by atoms with Crippen LogP contribution in [0.5, 0.6) is 0 Å². The Hall–Kier alpha value is -1.93. The summed E-state index contributed by atoms with van der Waals surface area (Å²) in [7, 11) is 3.91. The van der Waals surface area contributed by atoms with Crippen molar-refractivity contribution in [3.8, 4) is 0 Å². The number of likely N-dealkylation sites (tertiary alicyclic amines) is 2. The van der Waals surface area contributed by atoms with Gasteiger partial charge in [-0.25, -0.2) is 4.98 Å². The number of nitrogens with zero attached hydrogens (tertiary/aromatic N) is 5. The molecule has 1 atom stereocenters. The molecule has 3 aliphatic heterocycles. The molecule has 1 unspecified atom stereocenters. The number of morpholine rings is 1. The molecule has 0 aromatic carbocycles. The minimum atomic E-state index is -0.0418. The topological polar surface area (TPSA) is 70.9 Å². The quantitative estimate of drug-likeness (QED) is 0.739. The Kier molecular flexibility index (Phi) is 4.94. The lowest BCUT2D eigenvalue weighted by Gasteiger charge is -2.39. The van der Waals surface area contributed by atoms with Crippen LogP contribution in [0.1, 0.15) is 29.9 Å². The van der Waals surface area contributed by atoms with Crippen molar-refractivity contribution in [2.45, 2.75) is 25.3 Å². The van der Waals surface area contributed by atoms with Gasteiger partial charge in [-0.15, -0.1) is 0 Å². The lowest BCUT2D eigenvalue weighted by molar-refractivity contribution is -0.139. The van der Waals surface area contributed by atoms with Crippen molar-refractivity contribution >= 4 is 11.8 Å². The van der Waals surface area contributed by atoms with Crippen molar-refractivity contribution in [1.29, 1.82) is 0 Å². The average Bonchev–Trinajstić information content (AvgIpc) is 3.25. The monoisotopic (exact) mass is 375 g/mol. The summed E-state index contributed by atoms with van der Waals surface area (Å²) in [5.74, 6) is 0.740. The Labute approximate surface area is 160 Å². The lowest BCUT2D eigenvalue weighted by Crippen LogP contribution is -2.48. The molecule has 4 heterocycles. The summed E-state index contributed by atoms with van der Waals surface area (Å²) in [5.41, 5.74) is 0.139. The summed E-state index contributed by atoms with van der Waals surface area (Å²) in [6, 6.07) is -0.0418. The number of carbonyl (C=O) groups excluding carboxylic acids is 2. The van der Waals surface area contributed by atoms with E-state index in [-0.39, 0.29) is 23.3 Å². The van der Waals surface area contributed by atoms with E-state index in [9.17, 15) is 9.59 Å². The highest BCUT2D eigenvalue weighted by Crippen LogP contribution is 2.43. The first-order valence-corrected chi connectivity index (χ1v) is 9.82. The molecule has 27 heavy (non-hydrogen) atoms. The molecule has 1 aromatic heterocycles. The Balaban J connectivity index is 1.37. The van der Waals surface area contributed by atoms with Gasteiger partial charge in [0.1, 0.15) is 0 Å². The molecule has 2 amide bonds. The van der Waals surface area contributed by atoms with Crippen LogP contribution in [0, 0.1) is 5.41 Å². The zero-order chi connectivity index (χ0) is 19.0. The number of aryl methyl sites for hydroxylation is 1. The third-order valence-electron chi connectivity index (χ3n) is 6.47. The van der Waals surface area contributed by atoms with E-state index in [2.05, 4.69) is 16.9 Å². The predicted molar refractivity (Wildman–Crippen MR) is 99.2 cm³/mol. The number of imidazole rings is 1. The summed E-state index contributed by atoms with van der Waals surface area (Å²) in [5, 5.41) is 0. The van der Waals surface area contributed by atoms with Crippen molar-refractivity contribution in [3.05, 3.63) is 18.2 Å². The second-order valence-corrected chi connectivity index (χ2v) is 8.23. The van der Waals surface area contributed by atoms with E-state index in [1.54, 1.807) is 17.0 Å². The summed E-state index contributed by atoms with van der Waals surface area (Å²) in [6.45, 7) is 5.06. The fraction of sp³-hybridized carbons (Fsp3) is 0.737. The van der Waals surface area contributed by atoms with Gasteiger partial charge in [0, 0.05) is 52.2 Å². The summed E-state index contributed by atoms with van der Waals surface area (Å²) < 4.78 is 7.14. The average molecular weight is 375 g/mol. The lowest BCUT2D eigenvalue weighted by atomic mass is 9.76. The molecule has 3 aliphatic rings. The molecule has 0 aliphatic carbocycles. The number of ether oxygens (including phenoxy) is 1. The maximum atomic E-state index is 13.0. The zero-order valence-electron chi connectivity index (χ0n) is 16.3. The van der Waals surface area contributed by atoms with Crippen LogP contribution in [-0.2, 0) is 16.6 Å². The number of rotatable bonds is 2. The van der Waals surface area contributed by atoms with Gasteiger partial charge in [-0.2, -0.15) is 0 Å². The van der Waals surface area contributed by atoms with E-state index in [1.165, 1.54) is 0 Å². The van der Waals surface area contributed by atoms with Crippen LogP contribution in [0.3, 0.4) is 0 Å². The van der Waals surface area contributed by atoms with E-state index >= 15 is 0 Å². The number of amides is 2. The molecule has 1 aromatic rings. The largest absolute Gasteiger partial charge is 0.378 e. The molecule has 8 heteroatoms. The Morgan fingerprint density at radius 1 is 1.11 bits per heavy atom. The van der Waals surface area contributed by atoms with Gasteiger partial charge < -0.3 is 19.1 Å². The summed E-state index contributed by atoms with van der Waals surface area (Å²) in [4.78, 5) is 35.9. The zero-order valence-corrected chi connectivity index (χ0v) is 16.3. The second-order valence-electron chi connectivity index (χ2n) is 8.23. The van der Waals surface area contributed by atoms with Crippen LogP contribution in [0.2, 0.25) is 0 Å². The van der Waals surface area contributed by atoms with Gasteiger partial charge in [0.15, 0.2) is 5.82 Å². The highest BCUT2D eigenvalue weighted by Gasteiger charge is 2.48. The second kappa shape index (κ2) is 7.24. The molecule has 0 N–H and O–H groups in total. The van der Waals surface area contributed by atoms with Crippen LogP contribution >= 0.6 is 0 Å². The van der Waals surface area contributed by atoms with Crippen molar-refractivity contribution in [2.24, 2.45) is 12.5 Å². The number of piperidine rings is 1. The maximum absolute atomic E-state index is 13.0. The summed E-state index contributed by atoms with van der Waals surface area (Å²) in [6.07, 6.45) is 6.24. The van der Waals surface area contributed by atoms with E-state index in [1.807, 2.05) is 16.8 Å². The Bertz CT molecular complexity index is 704. The maximum Gasteiger partial charge on any atom is 0.289 e.